The molecule has 18 heavy (non-hydrogen) atoms. The lowest BCUT2D eigenvalue weighted by Gasteiger charge is -2.29. The summed E-state index contributed by atoms with van der Waals surface area (Å²) in [5.74, 6) is -0.337. The molecular weight excluding hydrogens is 341 g/mol. The molecule has 1 rings (SSSR count). The Labute approximate surface area is 127 Å². The zero-order chi connectivity index (χ0) is 13.2. The van der Waals surface area contributed by atoms with E-state index in [1.165, 1.54) is 7.11 Å². The number of esters is 1. The van der Waals surface area contributed by atoms with Gasteiger partial charge < -0.3 is 10.5 Å². The molecule has 0 fully saturated rings. The Morgan fingerprint density at radius 1 is 1.50 bits per heavy atom. The quantitative estimate of drug-likeness (QED) is 0.839. The average Bonchev–Trinajstić information content (AvgIpc) is 2.30. The molecule has 2 N–H and O–H groups in total. The van der Waals surface area contributed by atoms with Crippen LogP contribution >= 0.6 is 39.9 Å². The molecule has 0 aromatic heterocycles. The Morgan fingerprint density at radius 3 is 2.50 bits per heavy atom. The van der Waals surface area contributed by atoms with Crippen molar-refractivity contribution in [3.63, 3.8) is 0 Å². The third kappa shape index (κ3) is 3.60. The standard InChI is InChI=1S/C12H15BrClNO2.ClH/c1-12(2,11(16)17-3)10(15)7-4-5-9(14)8(13)6-7;/h4-6,10H,15H2,1-3H3;1H/t10-;/m1./s1. The molecule has 102 valence electrons. The summed E-state index contributed by atoms with van der Waals surface area (Å²) >= 11 is 9.24. The summed E-state index contributed by atoms with van der Waals surface area (Å²) in [6.07, 6.45) is 0. The summed E-state index contributed by atoms with van der Waals surface area (Å²) in [6.45, 7) is 3.51. The fourth-order valence-electron chi connectivity index (χ4n) is 1.51. The van der Waals surface area contributed by atoms with Crippen molar-refractivity contribution in [1.29, 1.82) is 0 Å². The normalized spacial score (nSPS) is 12.6. The predicted octanol–water partition coefficient (Wildman–Crippen LogP) is 3.72. The number of hydrogen-bond acceptors (Lipinski definition) is 3. The third-order valence-corrected chi connectivity index (χ3v) is 4.01. The highest BCUT2D eigenvalue weighted by molar-refractivity contribution is 9.10. The Hall–Kier alpha value is -0.290. The topological polar surface area (TPSA) is 52.3 Å². The first kappa shape index (κ1) is 17.7. The second-order valence-corrected chi connectivity index (χ2v) is 5.63. The van der Waals surface area contributed by atoms with E-state index in [0.29, 0.717) is 5.02 Å². The molecule has 0 heterocycles. The van der Waals surface area contributed by atoms with Crippen molar-refractivity contribution in [2.75, 3.05) is 7.11 Å². The zero-order valence-electron chi connectivity index (χ0n) is 10.4. The van der Waals surface area contributed by atoms with E-state index in [0.717, 1.165) is 10.0 Å². The molecule has 0 aliphatic carbocycles. The van der Waals surface area contributed by atoms with Crippen molar-refractivity contribution in [3.8, 4) is 0 Å². The summed E-state index contributed by atoms with van der Waals surface area (Å²) in [5.41, 5.74) is 6.14. The van der Waals surface area contributed by atoms with Gasteiger partial charge in [-0.25, -0.2) is 0 Å². The summed E-state index contributed by atoms with van der Waals surface area (Å²) in [5, 5.41) is 0.608. The first-order chi connectivity index (χ1) is 7.80. The first-order valence-electron chi connectivity index (χ1n) is 5.09. The van der Waals surface area contributed by atoms with Crippen molar-refractivity contribution in [1.82, 2.24) is 0 Å². The van der Waals surface area contributed by atoms with Gasteiger partial charge in [0, 0.05) is 10.5 Å². The molecule has 0 spiro atoms. The van der Waals surface area contributed by atoms with Crippen LogP contribution in [-0.2, 0) is 9.53 Å². The number of carbonyl (C=O) groups excluding carboxylic acids is 1. The highest BCUT2D eigenvalue weighted by Gasteiger charge is 2.36. The first-order valence-corrected chi connectivity index (χ1v) is 6.26. The minimum atomic E-state index is -0.790. The van der Waals surface area contributed by atoms with Gasteiger partial charge in [-0.2, -0.15) is 0 Å². The molecule has 0 unspecified atom stereocenters. The van der Waals surface area contributed by atoms with Crippen LogP contribution in [0.2, 0.25) is 5.02 Å². The van der Waals surface area contributed by atoms with Gasteiger partial charge in [0.1, 0.15) is 0 Å². The number of hydrogen-bond donors (Lipinski definition) is 1. The number of nitrogens with two attached hydrogens (primary N) is 1. The minimum Gasteiger partial charge on any atom is -0.469 e. The van der Waals surface area contributed by atoms with Crippen LogP contribution in [0.1, 0.15) is 25.5 Å². The molecule has 0 amide bonds. The highest BCUT2D eigenvalue weighted by atomic mass is 79.9. The van der Waals surface area contributed by atoms with Crippen molar-refractivity contribution < 1.29 is 9.53 Å². The number of benzene rings is 1. The van der Waals surface area contributed by atoms with E-state index in [1.54, 1.807) is 19.9 Å². The van der Waals surface area contributed by atoms with E-state index in [1.807, 2.05) is 12.1 Å². The van der Waals surface area contributed by atoms with E-state index >= 15 is 0 Å². The maximum Gasteiger partial charge on any atom is 0.313 e. The van der Waals surface area contributed by atoms with Crippen LogP contribution in [0.4, 0.5) is 0 Å². The fourth-order valence-corrected chi connectivity index (χ4v) is 2.03. The molecule has 1 aromatic carbocycles. The summed E-state index contributed by atoms with van der Waals surface area (Å²) < 4.78 is 5.51. The number of methoxy groups -OCH3 is 1. The summed E-state index contributed by atoms with van der Waals surface area (Å²) in [4.78, 5) is 11.7. The van der Waals surface area contributed by atoms with Gasteiger partial charge in [-0.3, -0.25) is 4.79 Å². The summed E-state index contributed by atoms with van der Waals surface area (Å²) in [7, 11) is 1.36. The fraction of sp³-hybridized carbons (Fsp3) is 0.417. The van der Waals surface area contributed by atoms with Gasteiger partial charge in [0.15, 0.2) is 0 Å². The molecule has 0 aliphatic rings. The van der Waals surface area contributed by atoms with Gasteiger partial charge in [-0.1, -0.05) is 17.7 Å². The van der Waals surface area contributed by atoms with E-state index in [2.05, 4.69) is 15.9 Å². The van der Waals surface area contributed by atoms with Crippen LogP contribution in [0, 0.1) is 5.41 Å². The molecule has 0 saturated heterocycles. The van der Waals surface area contributed by atoms with Gasteiger partial charge in [0.05, 0.1) is 17.5 Å². The number of halogens is 3. The van der Waals surface area contributed by atoms with Gasteiger partial charge in [-0.15, -0.1) is 12.4 Å². The van der Waals surface area contributed by atoms with E-state index in [9.17, 15) is 4.79 Å². The molecule has 0 aliphatic heterocycles. The molecule has 1 atom stereocenters. The Morgan fingerprint density at radius 2 is 2.06 bits per heavy atom. The number of ether oxygens (including phenoxy) is 1. The molecule has 3 nitrogen and oxygen atoms in total. The van der Waals surface area contributed by atoms with E-state index in [-0.39, 0.29) is 18.4 Å². The second-order valence-electron chi connectivity index (χ2n) is 4.36. The largest absolute Gasteiger partial charge is 0.469 e. The Balaban J connectivity index is 0.00000289. The maximum atomic E-state index is 11.7. The van der Waals surface area contributed by atoms with Crippen LogP contribution in [-0.4, -0.2) is 13.1 Å². The zero-order valence-corrected chi connectivity index (χ0v) is 13.5. The Bertz CT molecular complexity index is 438. The molecule has 0 saturated carbocycles. The second kappa shape index (κ2) is 6.75. The van der Waals surface area contributed by atoms with Crippen molar-refractivity contribution in [2.24, 2.45) is 11.1 Å². The molecule has 0 radical (unpaired) electrons. The lowest BCUT2D eigenvalue weighted by atomic mass is 9.81. The third-order valence-electron chi connectivity index (χ3n) is 2.79. The van der Waals surface area contributed by atoms with Crippen molar-refractivity contribution in [3.05, 3.63) is 33.3 Å². The average molecular weight is 357 g/mol. The van der Waals surface area contributed by atoms with Gasteiger partial charge in [0.2, 0.25) is 0 Å². The summed E-state index contributed by atoms with van der Waals surface area (Å²) in [6, 6.07) is 4.91. The van der Waals surface area contributed by atoms with Crippen LogP contribution in [0.25, 0.3) is 0 Å². The molecule has 1 aromatic rings. The predicted molar refractivity (Wildman–Crippen MR) is 79.1 cm³/mol. The molecule has 6 heteroatoms. The molecular formula is C12H16BrCl2NO2. The monoisotopic (exact) mass is 355 g/mol. The van der Waals surface area contributed by atoms with Crippen molar-refractivity contribution in [2.45, 2.75) is 19.9 Å². The maximum absolute atomic E-state index is 11.7. The van der Waals surface area contributed by atoms with E-state index in [4.69, 9.17) is 22.1 Å². The van der Waals surface area contributed by atoms with Crippen LogP contribution < -0.4 is 5.73 Å². The lowest BCUT2D eigenvalue weighted by Crippen LogP contribution is -2.37. The lowest BCUT2D eigenvalue weighted by molar-refractivity contribution is -0.152. The molecule has 0 bridgehead atoms. The smallest absolute Gasteiger partial charge is 0.313 e. The van der Waals surface area contributed by atoms with Crippen LogP contribution in [0.3, 0.4) is 0 Å². The Kier molecular flexibility index (Phi) is 6.65. The van der Waals surface area contributed by atoms with Crippen molar-refractivity contribution >= 4 is 45.9 Å². The number of carbonyl (C=O) groups is 1. The minimum absolute atomic E-state index is 0. The van der Waals surface area contributed by atoms with Crippen LogP contribution in [0.5, 0.6) is 0 Å². The number of rotatable bonds is 3. The van der Waals surface area contributed by atoms with Crippen LogP contribution in [0.15, 0.2) is 22.7 Å². The SMILES string of the molecule is COC(=O)C(C)(C)[C@H](N)c1ccc(Cl)c(Br)c1.Cl. The van der Waals surface area contributed by atoms with Gasteiger partial charge >= 0.3 is 5.97 Å². The highest BCUT2D eigenvalue weighted by Crippen LogP contribution is 2.35. The van der Waals surface area contributed by atoms with Gasteiger partial charge in [0.25, 0.3) is 0 Å². The van der Waals surface area contributed by atoms with Gasteiger partial charge in [-0.05, 0) is 47.5 Å². The van der Waals surface area contributed by atoms with E-state index < -0.39 is 11.5 Å².